The zero-order chi connectivity index (χ0) is 10.6. The van der Waals surface area contributed by atoms with Crippen molar-refractivity contribution in [2.24, 2.45) is 0 Å². The van der Waals surface area contributed by atoms with Crippen LogP contribution in [0.1, 0.15) is 5.56 Å². The van der Waals surface area contributed by atoms with Crippen LogP contribution in [0.25, 0.3) is 0 Å². The van der Waals surface area contributed by atoms with Gasteiger partial charge in [0.1, 0.15) is 5.75 Å². The van der Waals surface area contributed by atoms with Gasteiger partial charge in [0.2, 0.25) is 0 Å². The maximum absolute atomic E-state index is 10.2. The maximum Gasteiger partial charge on any atom is 0.341 e. The topological polar surface area (TPSA) is 66.8 Å². The van der Waals surface area contributed by atoms with Crippen LogP contribution >= 0.6 is 15.9 Å². The quantitative estimate of drug-likeness (QED) is 0.859. The Hall–Kier alpha value is -1.07. The summed E-state index contributed by atoms with van der Waals surface area (Å²) in [4.78, 5) is 10.2. The Morgan fingerprint density at radius 2 is 2.21 bits per heavy atom. The Morgan fingerprint density at radius 3 is 2.79 bits per heavy atom. The number of ether oxygens (including phenoxy) is 1. The monoisotopic (exact) mass is 260 g/mol. The molecule has 5 heteroatoms. The number of carboxylic acids is 1. The average molecular weight is 261 g/mol. The number of rotatable bonds is 4. The normalized spacial score (nSPS) is 9.86. The summed E-state index contributed by atoms with van der Waals surface area (Å²) < 4.78 is 5.77. The lowest BCUT2D eigenvalue weighted by molar-refractivity contribution is -0.139. The molecular weight excluding hydrogens is 252 g/mol. The van der Waals surface area contributed by atoms with Crippen molar-refractivity contribution >= 4 is 21.9 Å². The minimum absolute atomic E-state index is 0.186. The predicted octanol–water partition coefficient (Wildman–Crippen LogP) is 1.40. The molecule has 4 nitrogen and oxygen atoms in total. The average Bonchev–Trinajstić information content (AvgIpc) is 2.15. The van der Waals surface area contributed by atoms with E-state index >= 15 is 0 Å². The number of benzene rings is 1. The first kappa shape index (κ1) is 11.0. The summed E-state index contributed by atoms with van der Waals surface area (Å²) >= 11 is 3.23. The highest BCUT2D eigenvalue weighted by molar-refractivity contribution is 9.10. The molecule has 0 bridgehead atoms. The molecule has 0 heterocycles. The predicted molar refractivity (Wildman–Crippen MR) is 53.2 cm³/mol. The molecular formula is C9H9BrO4. The maximum atomic E-state index is 10.2. The molecule has 0 aliphatic heterocycles. The number of hydrogen-bond donors (Lipinski definition) is 2. The summed E-state index contributed by atoms with van der Waals surface area (Å²) in [5, 5.41) is 17.4. The van der Waals surface area contributed by atoms with Crippen molar-refractivity contribution in [3.63, 3.8) is 0 Å². The van der Waals surface area contributed by atoms with E-state index in [1.54, 1.807) is 18.2 Å². The lowest BCUT2D eigenvalue weighted by atomic mass is 10.2. The number of aliphatic carboxylic acids is 1. The molecule has 76 valence electrons. The number of aliphatic hydroxyl groups is 1. The Balaban J connectivity index is 2.80. The first-order valence-electron chi connectivity index (χ1n) is 3.87. The standard InChI is InChI=1S/C9H9BrO4/c10-7-1-2-8(6(3-7)4-11)14-5-9(12)13/h1-3,11H,4-5H2,(H,12,13). The van der Waals surface area contributed by atoms with Crippen molar-refractivity contribution in [2.75, 3.05) is 6.61 Å². The van der Waals surface area contributed by atoms with Crippen LogP contribution < -0.4 is 4.74 Å². The number of carbonyl (C=O) groups is 1. The largest absolute Gasteiger partial charge is 0.482 e. The van der Waals surface area contributed by atoms with Crippen molar-refractivity contribution in [1.82, 2.24) is 0 Å². The minimum Gasteiger partial charge on any atom is -0.482 e. The van der Waals surface area contributed by atoms with E-state index in [1.807, 2.05) is 0 Å². The smallest absolute Gasteiger partial charge is 0.341 e. The molecule has 1 rings (SSSR count). The van der Waals surface area contributed by atoms with Crippen LogP contribution in [-0.4, -0.2) is 22.8 Å². The van der Waals surface area contributed by atoms with Gasteiger partial charge in [-0.2, -0.15) is 0 Å². The van der Waals surface area contributed by atoms with Crippen molar-refractivity contribution in [3.8, 4) is 5.75 Å². The second-order valence-corrected chi connectivity index (χ2v) is 3.51. The van der Waals surface area contributed by atoms with Crippen molar-refractivity contribution in [2.45, 2.75) is 6.61 Å². The fourth-order valence-corrected chi connectivity index (χ4v) is 1.36. The summed E-state index contributed by atoms with van der Waals surface area (Å²) in [5.41, 5.74) is 0.556. The fourth-order valence-electron chi connectivity index (χ4n) is 0.952. The summed E-state index contributed by atoms with van der Waals surface area (Å²) in [6.45, 7) is -0.594. The molecule has 0 radical (unpaired) electrons. The van der Waals surface area contributed by atoms with Gasteiger partial charge in [-0.15, -0.1) is 0 Å². The van der Waals surface area contributed by atoms with E-state index in [-0.39, 0.29) is 6.61 Å². The molecule has 0 aromatic heterocycles. The molecule has 0 unspecified atom stereocenters. The third kappa shape index (κ3) is 3.01. The molecule has 2 N–H and O–H groups in total. The molecule has 1 aromatic carbocycles. The number of aliphatic hydroxyl groups excluding tert-OH is 1. The molecule has 0 amide bonds. The highest BCUT2D eigenvalue weighted by Gasteiger charge is 2.05. The van der Waals surface area contributed by atoms with Gasteiger partial charge in [0.25, 0.3) is 0 Å². The minimum atomic E-state index is -1.04. The second kappa shape index (κ2) is 4.97. The van der Waals surface area contributed by atoms with E-state index in [4.69, 9.17) is 14.9 Å². The fraction of sp³-hybridized carbons (Fsp3) is 0.222. The summed E-state index contributed by atoms with van der Waals surface area (Å²) in [6.07, 6.45) is 0. The molecule has 0 saturated heterocycles. The molecule has 0 atom stereocenters. The zero-order valence-corrected chi connectivity index (χ0v) is 8.82. The second-order valence-electron chi connectivity index (χ2n) is 2.59. The number of hydrogen-bond acceptors (Lipinski definition) is 3. The number of carboxylic acid groups (broad SMARTS) is 1. The highest BCUT2D eigenvalue weighted by atomic mass is 79.9. The van der Waals surface area contributed by atoms with Crippen molar-refractivity contribution in [1.29, 1.82) is 0 Å². The Bertz CT molecular complexity index is 338. The summed E-state index contributed by atoms with van der Waals surface area (Å²) in [5.74, 6) is -0.657. The third-order valence-electron chi connectivity index (χ3n) is 1.54. The van der Waals surface area contributed by atoms with Gasteiger partial charge in [-0.1, -0.05) is 15.9 Å². The van der Waals surface area contributed by atoms with Crippen LogP contribution in [0.5, 0.6) is 5.75 Å². The van der Waals surface area contributed by atoms with Crippen molar-refractivity contribution in [3.05, 3.63) is 28.2 Å². The van der Waals surface area contributed by atoms with E-state index in [9.17, 15) is 4.79 Å². The van der Waals surface area contributed by atoms with Crippen LogP contribution in [0.3, 0.4) is 0 Å². The summed E-state index contributed by atoms with van der Waals surface area (Å²) in [7, 11) is 0. The van der Waals surface area contributed by atoms with E-state index in [0.29, 0.717) is 11.3 Å². The van der Waals surface area contributed by atoms with E-state index < -0.39 is 12.6 Å². The van der Waals surface area contributed by atoms with Crippen LogP contribution in [0.15, 0.2) is 22.7 Å². The van der Waals surface area contributed by atoms with Crippen LogP contribution in [0.4, 0.5) is 0 Å². The molecule has 0 fully saturated rings. The molecule has 0 aliphatic carbocycles. The lowest BCUT2D eigenvalue weighted by Gasteiger charge is -2.08. The Morgan fingerprint density at radius 1 is 1.50 bits per heavy atom. The van der Waals surface area contributed by atoms with E-state index in [1.165, 1.54) is 0 Å². The van der Waals surface area contributed by atoms with Crippen LogP contribution in [0, 0.1) is 0 Å². The SMILES string of the molecule is O=C(O)COc1ccc(Br)cc1CO. The van der Waals surface area contributed by atoms with Gasteiger partial charge < -0.3 is 14.9 Å². The van der Waals surface area contributed by atoms with E-state index in [0.717, 1.165) is 4.47 Å². The van der Waals surface area contributed by atoms with Crippen molar-refractivity contribution < 1.29 is 19.7 Å². The zero-order valence-electron chi connectivity index (χ0n) is 7.24. The molecule has 14 heavy (non-hydrogen) atoms. The Labute approximate surface area is 89.3 Å². The Kier molecular flexibility index (Phi) is 3.91. The van der Waals surface area contributed by atoms with Gasteiger partial charge in [0.05, 0.1) is 6.61 Å². The highest BCUT2D eigenvalue weighted by Crippen LogP contribution is 2.23. The molecule has 0 spiro atoms. The molecule has 1 aromatic rings. The van der Waals surface area contributed by atoms with Gasteiger partial charge in [0, 0.05) is 10.0 Å². The van der Waals surface area contributed by atoms with Gasteiger partial charge in [0.15, 0.2) is 6.61 Å². The lowest BCUT2D eigenvalue weighted by Crippen LogP contribution is -2.10. The first-order valence-corrected chi connectivity index (χ1v) is 4.66. The van der Waals surface area contributed by atoms with Crippen LogP contribution in [-0.2, 0) is 11.4 Å². The first-order chi connectivity index (χ1) is 6.63. The van der Waals surface area contributed by atoms with Gasteiger partial charge in [-0.05, 0) is 18.2 Å². The van der Waals surface area contributed by atoms with Gasteiger partial charge in [-0.25, -0.2) is 4.79 Å². The third-order valence-corrected chi connectivity index (χ3v) is 2.04. The molecule has 0 saturated carbocycles. The number of halogens is 1. The van der Waals surface area contributed by atoms with Crippen LogP contribution in [0.2, 0.25) is 0 Å². The van der Waals surface area contributed by atoms with Gasteiger partial charge in [-0.3, -0.25) is 0 Å². The van der Waals surface area contributed by atoms with Gasteiger partial charge >= 0.3 is 5.97 Å². The summed E-state index contributed by atoms with van der Waals surface area (Å²) in [6, 6.07) is 5.01. The van der Waals surface area contributed by atoms with E-state index in [2.05, 4.69) is 15.9 Å². The molecule has 0 aliphatic rings.